The van der Waals surface area contributed by atoms with Crippen LogP contribution in [0.5, 0.6) is 0 Å². The molecule has 0 saturated heterocycles. The number of rotatable bonds is 5. The lowest BCUT2D eigenvalue weighted by molar-refractivity contribution is 0.597. The molecule has 0 bridgehead atoms. The number of hydrogen-bond donors (Lipinski definition) is 2. The van der Waals surface area contributed by atoms with Gasteiger partial charge in [-0.05, 0) is 55.6 Å². The van der Waals surface area contributed by atoms with Gasteiger partial charge >= 0.3 is 0 Å². The molecule has 2 heterocycles. The van der Waals surface area contributed by atoms with Crippen LogP contribution in [0.25, 0.3) is 10.9 Å². The lowest BCUT2D eigenvalue weighted by Crippen LogP contribution is -2.14. The summed E-state index contributed by atoms with van der Waals surface area (Å²) in [5.41, 5.74) is -3.85. The number of nitrogens with zero attached hydrogens (tertiary/aromatic N) is 5. The molecule has 0 aliphatic carbocycles. The summed E-state index contributed by atoms with van der Waals surface area (Å²) in [5.74, 6) is -1.83. The fourth-order valence-electron chi connectivity index (χ4n) is 2.46. The van der Waals surface area contributed by atoms with Gasteiger partial charge in [-0.15, -0.1) is 0 Å². The van der Waals surface area contributed by atoms with Crippen molar-refractivity contribution in [3.8, 4) is 0 Å². The predicted molar refractivity (Wildman–Crippen MR) is 121 cm³/mol. The van der Waals surface area contributed by atoms with Gasteiger partial charge in [-0.1, -0.05) is 6.04 Å². The van der Waals surface area contributed by atoms with Crippen molar-refractivity contribution >= 4 is 44.1 Å². The highest BCUT2D eigenvalue weighted by atomic mass is 32.2. The molecule has 10 heteroatoms. The van der Waals surface area contributed by atoms with E-state index >= 15 is 0 Å². The van der Waals surface area contributed by atoms with Crippen LogP contribution in [-0.4, -0.2) is 35.1 Å². The van der Waals surface area contributed by atoms with Crippen LogP contribution in [0.4, 0.5) is 23.1 Å². The van der Waals surface area contributed by atoms with E-state index < -0.39 is 124 Å². The van der Waals surface area contributed by atoms with Crippen LogP contribution < -0.4 is 15.4 Å². The number of nitrogens with two attached hydrogens (primary N) is 1. The van der Waals surface area contributed by atoms with E-state index in [1.54, 1.807) is 0 Å². The fourth-order valence-corrected chi connectivity index (χ4v) is 3.19. The standard InChI is InChI=1S/C21H23N7O2S/c1-13-5-6-15(11-19(13)31(22,29)30)24-21-23-10-9-20(25-21)27(3)16-7-8-17-14(2)28(4)26-18(17)12-16/h5-12H,1-4H3,(H2,22,29,30)(H,23,24,25)/i2D3,3D3,4D3,5D,6D,7D,8D,9D,10D,11D,12D. The first kappa shape index (κ1) is 8.56. The summed E-state index contributed by atoms with van der Waals surface area (Å²) in [5, 5.41) is 10.4. The molecule has 0 fully saturated rings. The van der Waals surface area contributed by atoms with E-state index in [1.165, 1.54) is 0 Å². The molecular formula is C21H23N7O2S. The molecule has 0 saturated carbocycles. The van der Waals surface area contributed by atoms with Gasteiger partial charge in [-0.3, -0.25) is 4.68 Å². The van der Waals surface area contributed by atoms with Gasteiger partial charge in [0.25, 0.3) is 0 Å². The molecule has 160 valence electrons. The molecule has 4 rings (SSSR count). The second-order valence-corrected chi connectivity index (χ2v) is 7.52. The summed E-state index contributed by atoms with van der Waals surface area (Å²) in [6.07, 6.45) is -0.999. The van der Waals surface area contributed by atoms with E-state index in [9.17, 15) is 8.42 Å². The van der Waals surface area contributed by atoms with Gasteiger partial charge in [0.05, 0.1) is 21.4 Å². The minimum absolute atomic E-state index is 0.0724. The second kappa shape index (κ2) is 7.64. The van der Waals surface area contributed by atoms with Crippen LogP contribution in [0.3, 0.4) is 0 Å². The van der Waals surface area contributed by atoms with Gasteiger partial charge in [0.15, 0.2) is 0 Å². The van der Waals surface area contributed by atoms with Crippen LogP contribution in [0.2, 0.25) is 0 Å². The molecule has 0 amide bonds. The normalized spacial score (nSPS) is 20.8. The summed E-state index contributed by atoms with van der Waals surface area (Å²) in [6, 6.07) is -6.55. The van der Waals surface area contributed by atoms with Crippen molar-refractivity contribution in [1.29, 1.82) is 0 Å². The van der Waals surface area contributed by atoms with E-state index in [-0.39, 0.29) is 15.1 Å². The third-order valence-electron chi connectivity index (χ3n) is 3.88. The largest absolute Gasteiger partial charge is 0.329 e. The molecule has 0 spiro atoms. The van der Waals surface area contributed by atoms with Gasteiger partial charge in [-0.2, -0.15) is 10.1 Å². The third-order valence-corrected chi connectivity index (χ3v) is 4.86. The smallest absolute Gasteiger partial charge is 0.238 e. The van der Waals surface area contributed by atoms with E-state index in [2.05, 4.69) is 20.4 Å². The molecule has 9 nitrogen and oxygen atoms in total. The quantitative estimate of drug-likeness (QED) is 0.475. The molecule has 31 heavy (non-hydrogen) atoms. The van der Waals surface area contributed by atoms with Crippen molar-refractivity contribution in [3.05, 3.63) is 59.7 Å². The van der Waals surface area contributed by atoms with Gasteiger partial charge in [0.2, 0.25) is 16.0 Å². The molecular weight excluding hydrogens is 414 g/mol. The highest BCUT2D eigenvalue weighted by Crippen LogP contribution is 2.28. The Morgan fingerprint density at radius 1 is 1.23 bits per heavy atom. The van der Waals surface area contributed by atoms with Crippen LogP contribution in [-0.2, 0) is 17.0 Å². The Labute approximate surface area is 204 Å². The molecule has 0 radical (unpaired) electrons. The third kappa shape index (κ3) is 4.07. The van der Waals surface area contributed by atoms with Crippen LogP contribution >= 0.6 is 0 Å². The summed E-state index contributed by atoms with van der Waals surface area (Å²) in [7, 11) is -4.62. The van der Waals surface area contributed by atoms with Gasteiger partial charge in [0.1, 0.15) is 5.82 Å². The van der Waals surface area contributed by atoms with E-state index in [0.29, 0.717) is 0 Å². The molecule has 2 aromatic heterocycles. The highest BCUT2D eigenvalue weighted by Gasteiger charge is 2.14. The first-order valence-corrected chi connectivity index (χ1v) is 9.76. The number of primary sulfonamides is 1. The van der Waals surface area contributed by atoms with Crippen LogP contribution in [0.1, 0.15) is 34.6 Å². The zero-order valence-corrected chi connectivity index (χ0v) is 16.4. The number of nitrogens with one attached hydrogen (secondary N) is 1. The molecule has 0 aliphatic rings. The fraction of sp³-hybridized carbons (Fsp3) is 0.190. The second-order valence-electron chi connectivity index (χ2n) is 6.02. The monoisotopic (exact) mass is 454 g/mol. The summed E-state index contributed by atoms with van der Waals surface area (Å²) >= 11 is 0. The van der Waals surface area contributed by atoms with Crippen molar-refractivity contribution < 1.29 is 31.7 Å². The Hall–Kier alpha value is -3.50. The molecule has 0 unspecified atom stereocenters. The average molecular weight is 455 g/mol. The summed E-state index contributed by atoms with van der Waals surface area (Å²) in [6.45, 7) is -8.83. The Balaban J connectivity index is 2.07. The number of hydrogen-bond acceptors (Lipinski definition) is 7. The molecule has 4 aromatic rings. The minimum Gasteiger partial charge on any atom is -0.329 e. The number of anilines is 4. The summed E-state index contributed by atoms with van der Waals surface area (Å²) < 4.78 is 163. The average Bonchev–Trinajstić information content (AvgIpc) is 3.35. The van der Waals surface area contributed by atoms with Crippen LogP contribution in [0.15, 0.2) is 53.4 Å². The zero-order chi connectivity index (χ0) is 36.8. The Morgan fingerprint density at radius 3 is 2.84 bits per heavy atom. The molecule has 2 aromatic carbocycles. The maximum absolute atomic E-state index is 12.2. The van der Waals surface area contributed by atoms with Crippen LogP contribution in [0, 0.1) is 13.8 Å². The lowest BCUT2D eigenvalue weighted by atomic mass is 10.2. The number of benzene rings is 2. The molecule has 0 aliphatic heterocycles. The topological polar surface area (TPSA) is 119 Å². The highest BCUT2D eigenvalue weighted by molar-refractivity contribution is 7.89. The predicted octanol–water partition coefficient (Wildman–Crippen LogP) is 3.14. The van der Waals surface area contributed by atoms with E-state index in [0.717, 1.165) is 6.92 Å². The summed E-state index contributed by atoms with van der Waals surface area (Å²) in [4.78, 5) is 6.82. The van der Waals surface area contributed by atoms with Crippen molar-refractivity contribution in [2.24, 2.45) is 12.1 Å². The van der Waals surface area contributed by atoms with Gasteiger partial charge in [-0.25, -0.2) is 18.5 Å². The number of aromatic nitrogens is 4. The molecule has 0 atom stereocenters. The van der Waals surface area contributed by atoms with Crippen molar-refractivity contribution in [3.63, 3.8) is 0 Å². The minimum atomic E-state index is -4.62. The number of sulfonamides is 1. The maximum atomic E-state index is 12.2. The Kier molecular flexibility index (Phi) is 2.11. The SMILES string of the molecule is [2H]c1nc(Nc2c([2H])c([2H])c(C)c(S(N)(=O)=O)c2[2H])nc(N(c2c([2H])c([2H])c3c(C([2H])([2H])[2H])n(C([2H])([2H])[2H])nc3c2[2H])C([2H])([2H])[2H])c1[2H]. The van der Waals surface area contributed by atoms with Gasteiger partial charge < -0.3 is 10.2 Å². The zero-order valence-electron chi connectivity index (χ0n) is 32.5. The maximum Gasteiger partial charge on any atom is 0.238 e. The lowest BCUT2D eigenvalue weighted by Gasteiger charge is -2.19. The number of aryl methyl sites for hydroxylation is 2. The van der Waals surface area contributed by atoms with Crippen molar-refractivity contribution in [2.45, 2.75) is 18.7 Å². The Bertz CT molecular complexity index is 2110. The van der Waals surface area contributed by atoms with E-state index in [1.807, 2.05) is 0 Å². The Morgan fingerprint density at radius 2 is 2.10 bits per heavy atom. The van der Waals surface area contributed by atoms with E-state index in [4.69, 9.17) is 28.4 Å². The number of fused-ring (bicyclic) bond motifs is 1. The van der Waals surface area contributed by atoms with Crippen molar-refractivity contribution in [2.75, 3.05) is 17.2 Å². The first-order valence-electron chi connectivity index (χ1n) is 16.7. The van der Waals surface area contributed by atoms with Crippen molar-refractivity contribution in [1.82, 2.24) is 19.7 Å². The molecule has 3 N–H and O–H groups in total. The van der Waals surface area contributed by atoms with Gasteiger partial charge in [0, 0.05) is 54.9 Å². The first-order chi connectivity index (χ1) is 21.6.